The molecule has 1 aliphatic heterocycles. The predicted molar refractivity (Wildman–Crippen MR) is 97.1 cm³/mol. The van der Waals surface area contributed by atoms with Crippen molar-refractivity contribution >= 4 is 5.96 Å². The van der Waals surface area contributed by atoms with Crippen molar-refractivity contribution < 1.29 is 4.52 Å². The zero-order chi connectivity index (χ0) is 17.6. The van der Waals surface area contributed by atoms with Gasteiger partial charge in [-0.3, -0.25) is 9.89 Å². The summed E-state index contributed by atoms with van der Waals surface area (Å²) in [5, 5.41) is 10.6. The summed E-state index contributed by atoms with van der Waals surface area (Å²) < 4.78 is 4.98. The smallest absolute Gasteiger partial charge is 0.223 e. The first-order valence-corrected chi connectivity index (χ1v) is 8.68. The van der Waals surface area contributed by atoms with Crippen molar-refractivity contribution in [3.05, 3.63) is 47.6 Å². The molecule has 0 amide bonds. The average Bonchev–Trinajstić information content (AvgIpc) is 3.18. The molecule has 2 unspecified atom stereocenters. The largest absolute Gasteiger partial charge is 0.352 e. The first-order valence-electron chi connectivity index (χ1n) is 8.68. The van der Waals surface area contributed by atoms with E-state index in [0.29, 0.717) is 30.3 Å². The topological polar surface area (TPSA) is 78.6 Å². The van der Waals surface area contributed by atoms with Crippen LogP contribution in [0.25, 0.3) is 0 Å². The third-order valence-corrected chi connectivity index (χ3v) is 4.48. The van der Waals surface area contributed by atoms with Crippen LogP contribution in [0, 0.1) is 6.92 Å². The van der Waals surface area contributed by atoms with E-state index in [9.17, 15) is 0 Å². The second kappa shape index (κ2) is 8.11. The van der Waals surface area contributed by atoms with Gasteiger partial charge < -0.3 is 15.2 Å². The zero-order valence-electron chi connectivity index (χ0n) is 15.1. The van der Waals surface area contributed by atoms with Crippen molar-refractivity contribution in [2.45, 2.75) is 45.4 Å². The van der Waals surface area contributed by atoms with Crippen LogP contribution in [0.4, 0.5) is 0 Å². The molecule has 1 fully saturated rings. The van der Waals surface area contributed by atoms with Crippen LogP contribution in [-0.4, -0.2) is 46.7 Å². The molecule has 2 heterocycles. The molecule has 0 bridgehead atoms. The Balaban J connectivity index is 1.50. The van der Waals surface area contributed by atoms with Gasteiger partial charge in [0, 0.05) is 39.1 Å². The maximum atomic E-state index is 4.98. The van der Waals surface area contributed by atoms with Crippen molar-refractivity contribution in [3.8, 4) is 0 Å². The molecule has 0 spiro atoms. The second-order valence-corrected chi connectivity index (χ2v) is 6.50. The summed E-state index contributed by atoms with van der Waals surface area (Å²) >= 11 is 0. The van der Waals surface area contributed by atoms with Gasteiger partial charge in [-0.2, -0.15) is 4.98 Å². The van der Waals surface area contributed by atoms with Crippen LogP contribution in [0.5, 0.6) is 0 Å². The number of likely N-dealkylation sites (tertiary alicyclic amines) is 1. The van der Waals surface area contributed by atoms with E-state index in [4.69, 9.17) is 4.52 Å². The summed E-state index contributed by atoms with van der Waals surface area (Å²) in [6.45, 7) is 6.53. The van der Waals surface area contributed by atoms with Crippen molar-refractivity contribution in [2.24, 2.45) is 4.99 Å². The lowest BCUT2D eigenvalue weighted by molar-refractivity contribution is 0.258. The number of hydrogen-bond acceptors (Lipinski definition) is 5. The van der Waals surface area contributed by atoms with Gasteiger partial charge in [0.15, 0.2) is 11.8 Å². The Labute approximate surface area is 148 Å². The van der Waals surface area contributed by atoms with Crippen LogP contribution in [0.15, 0.2) is 39.8 Å². The van der Waals surface area contributed by atoms with Gasteiger partial charge >= 0.3 is 0 Å². The SMILES string of the molecule is CN=C(NCc1noc(C)n1)NC1CC(C)N(Cc2ccccc2)C1. The fraction of sp³-hybridized carbons (Fsp3) is 0.500. The van der Waals surface area contributed by atoms with Gasteiger partial charge in [0.1, 0.15) is 0 Å². The first-order chi connectivity index (χ1) is 12.1. The minimum absolute atomic E-state index is 0.372. The van der Waals surface area contributed by atoms with Gasteiger partial charge in [-0.25, -0.2) is 0 Å². The first kappa shape index (κ1) is 17.4. The van der Waals surface area contributed by atoms with E-state index >= 15 is 0 Å². The number of aryl methyl sites for hydroxylation is 1. The summed E-state index contributed by atoms with van der Waals surface area (Å²) in [5.74, 6) is 1.97. The summed E-state index contributed by atoms with van der Waals surface area (Å²) in [4.78, 5) is 11.0. The van der Waals surface area contributed by atoms with Gasteiger partial charge in [0.05, 0.1) is 6.54 Å². The summed E-state index contributed by atoms with van der Waals surface area (Å²) in [5.41, 5.74) is 1.35. The molecule has 0 saturated carbocycles. The molecule has 3 rings (SSSR count). The number of nitrogens with one attached hydrogen (secondary N) is 2. The Morgan fingerprint density at radius 2 is 2.16 bits per heavy atom. The molecular formula is C18H26N6O. The number of benzene rings is 1. The predicted octanol–water partition coefficient (Wildman–Crippen LogP) is 1.71. The quantitative estimate of drug-likeness (QED) is 0.636. The molecule has 1 saturated heterocycles. The summed E-state index contributed by atoms with van der Waals surface area (Å²) in [6, 6.07) is 11.5. The van der Waals surface area contributed by atoms with E-state index in [-0.39, 0.29) is 0 Å². The van der Waals surface area contributed by atoms with Crippen LogP contribution in [0.1, 0.15) is 30.6 Å². The van der Waals surface area contributed by atoms with Gasteiger partial charge in [-0.1, -0.05) is 35.5 Å². The van der Waals surface area contributed by atoms with Crippen LogP contribution >= 0.6 is 0 Å². The van der Waals surface area contributed by atoms with Crippen LogP contribution in [-0.2, 0) is 13.1 Å². The Bertz CT molecular complexity index is 699. The lowest BCUT2D eigenvalue weighted by atomic mass is 10.2. The third kappa shape index (κ3) is 4.79. The molecule has 1 aliphatic rings. The number of guanidine groups is 1. The van der Waals surface area contributed by atoms with Gasteiger partial charge in [-0.05, 0) is 18.9 Å². The maximum absolute atomic E-state index is 4.98. The highest BCUT2D eigenvalue weighted by Gasteiger charge is 2.29. The number of aromatic nitrogens is 2. The molecule has 2 N–H and O–H groups in total. The van der Waals surface area contributed by atoms with Crippen molar-refractivity contribution in [3.63, 3.8) is 0 Å². The number of aliphatic imine (C=N–C) groups is 1. The van der Waals surface area contributed by atoms with Crippen molar-refractivity contribution in [1.29, 1.82) is 0 Å². The molecule has 2 atom stereocenters. The highest BCUT2D eigenvalue weighted by molar-refractivity contribution is 5.79. The molecule has 2 aromatic rings. The molecule has 7 nitrogen and oxygen atoms in total. The van der Waals surface area contributed by atoms with E-state index in [0.717, 1.165) is 25.5 Å². The Morgan fingerprint density at radius 3 is 2.84 bits per heavy atom. The Kier molecular flexibility index (Phi) is 5.65. The van der Waals surface area contributed by atoms with E-state index < -0.39 is 0 Å². The van der Waals surface area contributed by atoms with Crippen LogP contribution in [0.3, 0.4) is 0 Å². The number of hydrogen-bond donors (Lipinski definition) is 2. The van der Waals surface area contributed by atoms with Gasteiger partial charge in [0.2, 0.25) is 5.89 Å². The standard InChI is InChI=1S/C18H26N6O/c1-13-9-16(12-24(13)11-15-7-5-4-6-8-15)22-18(19-3)20-10-17-21-14(2)25-23-17/h4-8,13,16H,9-12H2,1-3H3,(H2,19,20,22). The molecule has 134 valence electrons. The normalized spacial score (nSPS) is 21.5. The molecule has 1 aromatic heterocycles. The molecule has 25 heavy (non-hydrogen) atoms. The second-order valence-electron chi connectivity index (χ2n) is 6.50. The van der Waals surface area contributed by atoms with E-state index in [2.05, 4.69) is 67.9 Å². The third-order valence-electron chi connectivity index (χ3n) is 4.48. The molecule has 0 radical (unpaired) electrons. The molecule has 0 aliphatic carbocycles. The van der Waals surface area contributed by atoms with E-state index in [1.165, 1.54) is 5.56 Å². The van der Waals surface area contributed by atoms with E-state index in [1.807, 2.05) is 0 Å². The fourth-order valence-corrected chi connectivity index (χ4v) is 3.21. The summed E-state index contributed by atoms with van der Waals surface area (Å²) in [7, 11) is 1.77. The minimum atomic E-state index is 0.372. The van der Waals surface area contributed by atoms with Crippen molar-refractivity contribution in [2.75, 3.05) is 13.6 Å². The molecular weight excluding hydrogens is 316 g/mol. The highest BCUT2D eigenvalue weighted by atomic mass is 16.5. The lowest BCUT2D eigenvalue weighted by Gasteiger charge is -2.21. The Hall–Kier alpha value is -2.41. The monoisotopic (exact) mass is 342 g/mol. The van der Waals surface area contributed by atoms with Gasteiger partial charge in [0.25, 0.3) is 0 Å². The van der Waals surface area contributed by atoms with Crippen LogP contribution in [0.2, 0.25) is 0 Å². The maximum Gasteiger partial charge on any atom is 0.223 e. The lowest BCUT2D eigenvalue weighted by Crippen LogP contribution is -2.44. The highest BCUT2D eigenvalue weighted by Crippen LogP contribution is 2.20. The Morgan fingerprint density at radius 1 is 1.36 bits per heavy atom. The average molecular weight is 342 g/mol. The van der Waals surface area contributed by atoms with Crippen LogP contribution < -0.4 is 10.6 Å². The van der Waals surface area contributed by atoms with Crippen molar-refractivity contribution in [1.82, 2.24) is 25.7 Å². The number of rotatable bonds is 5. The zero-order valence-corrected chi connectivity index (χ0v) is 15.1. The minimum Gasteiger partial charge on any atom is -0.352 e. The van der Waals surface area contributed by atoms with Gasteiger partial charge in [-0.15, -0.1) is 0 Å². The fourth-order valence-electron chi connectivity index (χ4n) is 3.21. The molecule has 1 aromatic carbocycles. The van der Waals surface area contributed by atoms with E-state index in [1.54, 1.807) is 14.0 Å². The summed E-state index contributed by atoms with van der Waals surface area (Å²) in [6.07, 6.45) is 1.09. The molecule has 7 heteroatoms. The number of nitrogens with zero attached hydrogens (tertiary/aromatic N) is 4.